The Kier molecular flexibility index (Phi) is 5.57. The number of hydrogen-bond donors (Lipinski definition) is 2. The molecule has 0 saturated carbocycles. The molecule has 5 rings (SSSR count). The second-order valence-corrected chi connectivity index (χ2v) is 7.82. The minimum Gasteiger partial charge on any atom is -0.434 e. The lowest BCUT2D eigenvalue weighted by atomic mass is 10.1. The molecule has 1 aliphatic rings. The first kappa shape index (κ1) is 21.8. The molecule has 0 bridgehead atoms. The molecule has 3 aromatic heterocycles. The molecule has 1 aliphatic heterocycles. The Hall–Kier alpha value is -4.06. The number of rotatable bonds is 6. The highest BCUT2D eigenvalue weighted by atomic mass is 35.5. The Bertz CT molecular complexity index is 1400. The fourth-order valence-electron chi connectivity index (χ4n) is 3.74. The average molecular weight is 488 g/mol. The summed E-state index contributed by atoms with van der Waals surface area (Å²) in [5.41, 5.74) is 0.914. The van der Waals surface area contributed by atoms with Crippen molar-refractivity contribution in [1.29, 1.82) is 0 Å². The van der Waals surface area contributed by atoms with Gasteiger partial charge in [-0.3, -0.25) is 14.3 Å². The van der Waals surface area contributed by atoms with Crippen LogP contribution < -0.4 is 15.4 Å². The van der Waals surface area contributed by atoms with E-state index in [0.717, 1.165) is 0 Å². The molecule has 0 spiro atoms. The van der Waals surface area contributed by atoms with Crippen LogP contribution in [0.25, 0.3) is 16.9 Å². The molecule has 4 heterocycles. The highest BCUT2D eigenvalue weighted by Crippen LogP contribution is 2.38. The van der Waals surface area contributed by atoms with Gasteiger partial charge in [0.2, 0.25) is 5.91 Å². The number of nitrogens with one attached hydrogen (secondary N) is 2. The van der Waals surface area contributed by atoms with Gasteiger partial charge in [0.25, 0.3) is 5.91 Å². The molecule has 1 atom stereocenters. The standard InChI is InChI=1S/C21H16ClF2N7O3/c22-11-2-3-16(34-21(23)24)12(8-11)17-14(10-31(29-17)15-4-6-26-20(15)33)28-19(32)13-9-27-30-7-1-5-25-18(13)30/h1-3,5,7-10,15,21H,4,6H2,(H,26,33)(H,28,32)/t15-/m0/s1. The van der Waals surface area contributed by atoms with Crippen molar-refractivity contribution in [3.8, 4) is 17.0 Å². The number of benzene rings is 1. The van der Waals surface area contributed by atoms with E-state index in [2.05, 4.69) is 30.6 Å². The summed E-state index contributed by atoms with van der Waals surface area (Å²) in [6.45, 7) is -2.63. The third kappa shape index (κ3) is 4.03. The third-order valence-electron chi connectivity index (χ3n) is 5.26. The average Bonchev–Trinajstić information content (AvgIpc) is 3.52. The van der Waals surface area contributed by atoms with Crippen LogP contribution in [0, 0.1) is 0 Å². The van der Waals surface area contributed by atoms with E-state index in [4.69, 9.17) is 11.6 Å². The van der Waals surface area contributed by atoms with E-state index in [1.54, 1.807) is 12.3 Å². The Labute approximate surface area is 195 Å². The molecule has 13 heteroatoms. The van der Waals surface area contributed by atoms with Crippen LogP contribution >= 0.6 is 11.6 Å². The van der Waals surface area contributed by atoms with Gasteiger partial charge < -0.3 is 15.4 Å². The zero-order chi connectivity index (χ0) is 23.8. The first-order chi connectivity index (χ1) is 16.4. The van der Waals surface area contributed by atoms with Crippen molar-refractivity contribution in [3.05, 3.63) is 59.6 Å². The largest absolute Gasteiger partial charge is 0.434 e. The van der Waals surface area contributed by atoms with E-state index in [-0.39, 0.29) is 39.2 Å². The van der Waals surface area contributed by atoms with E-state index in [9.17, 15) is 18.4 Å². The lowest BCUT2D eigenvalue weighted by Crippen LogP contribution is -2.22. The summed E-state index contributed by atoms with van der Waals surface area (Å²) in [7, 11) is 0. The predicted octanol–water partition coefficient (Wildman–Crippen LogP) is 3.16. The number of aromatic nitrogens is 5. The maximum Gasteiger partial charge on any atom is 0.387 e. The van der Waals surface area contributed by atoms with Crippen molar-refractivity contribution >= 4 is 34.7 Å². The number of alkyl halides is 2. The van der Waals surface area contributed by atoms with Gasteiger partial charge in [0.1, 0.15) is 23.0 Å². The van der Waals surface area contributed by atoms with Crippen LogP contribution in [0.3, 0.4) is 0 Å². The van der Waals surface area contributed by atoms with Gasteiger partial charge in [-0.05, 0) is 30.7 Å². The predicted molar refractivity (Wildman–Crippen MR) is 117 cm³/mol. The van der Waals surface area contributed by atoms with Crippen molar-refractivity contribution in [2.45, 2.75) is 19.1 Å². The Morgan fingerprint density at radius 1 is 1.35 bits per heavy atom. The van der Waals surface area contributed by atoms with Crippen LogP contribution in [-0.4, -0.2) is 49.3 Å². The number of fused-ring (bicyclic) bond motifs is 1. The fraction of sp³-hybridized carbons (Fsp3) is 0.190. The second kappa shape index (κ2) is 8.71. The molecule has 0 radical (unpaired) electrons. The van der Waals surface area contributed by atoms with Crippen molar-refractivity contribution in [1.82, 2.24) is 29.7 Å². The molecule has 174 valence electrons. The van der Waals surface area contributed by atoms with Gasteiger partial charge in [-0.25, -0.2) is 9.50 Å². The summed E-state index contributed by atoms with van der Waals surface area (Å²) in [6, 6.07) is 5.12. The number of nitrogens with zero attached hydrogens (tertiary/aromatic N) is 5. The fourth-order valence-corrected chi connectivity index (χ4v) is 3.91. The summed E-state index contributed by atoms with van der Waals surface area (Å²) >= 11 is 6.12. The first-order valence-electron chi connectivity index (χ1n) is 10.1. The lowest BCUT2D eigenvalue weighted by molar-refractivity contribution is -0.122. The highest BCUT2D eigenvalue weighted by Gasteiger charge is 2.29. The molecule has 1 fully saturated rings. The maximum absolute atomic E-state index is 13.1. The molecule has 1 aromatic carbocycles. The molecule has 0 aliphatic carbocycles. The van der Waals surface area contributed by atoms with Crippen molar-refractivity contribution < 1.29 is 23.1 Å². The lowest BCUT2D eigenvalue weighted by Gasteiger charge is -2.11. The molecule has 0 unspecified atom stereocenters. The molecule has 2 amide bonds. The molecular weight excluding hydrogens is 472 g/mol. The number of carbonyl (C=O) groups is 2. The normalized spacial score (nSPS) is 15.6. The number of amides is 2. The Balaban J connectivity index is 1.59. The van der Waals surface area contributed by atoms with E-state index < -0.39 is 18.6 Å². The van der Waals surface area contributed by atoms with Crippen LogP contribution in [0.1, 0.15) is 22.8 Å². The molecular formula is C21H16ClF2N7O3. The van der Waals surface area contributed by atoms with E-state index >= 15 is 0 Å². The van der Waals surface area contributed by atoms with Gasteiger partial charge >= 0.3 is 6.61 Å². The number of ether oxygens (including phenoxy) is 1. The van der Waals surface area contributed by atoms with Crippen molar-refractivity contribution in [3.63, 3.8) is 0 Å². The van der Waals surface area contributed by atoms with Gasteiger partial charge in [-0.1, -0.05) is 11.6 Å². The highest BCUT2D eigenvalue weighted by molar-refractivity contribution is 6.31. The van der Waals surface area contributed by atoms with Crippen LogP contribution in [0.2, 0.25) is 5.02 Å². The van der Waals surface area contributed by atoms with Crippen LogP contribution in [-0.2, 0) is 4.79 Å². The van der Waals surface area contributed by atoms with Gasteiger partial charge in [0.05, 0.1) is 18.1 Å². The topological polar surface area (TPSA) is 115 Å². The Morgan fingerprint density at radius 2 is 2.21 bits per heavy atom. The van der Waals surface area contributed by atoms with Crippen LogP contribution in [0.4, 0.5) is 14.5 Å². The van der Waals surface area contributed by atoms with Crippen LogP contribution in [0.5, 0.6) is 5.75 Å². The monoisotopic (exact) mass is 487 g/mol. The molecule has 34 heavy (non-hydrogen) atoms. The quantitative estimate of drug-likeness (QED) is 0.431. The van der Waals surface area contributed by atoms with Crippen molar-refractivity contribution in [2.24, 2.45) is 0 Å². The summed E-state index contributed by atoms with van der Waals surface area (Å²) in [5, 5.41) is 14.2. The van der Waals surface area contributed by atoms with Gasteiger partial charge in [-0.2, -0.15) is 19.0 Å². The van der Waals surface area contributed by atoms with E-state index in [0.29, 0.717) is 18.6 Å². The SMILES string of the molecule is O=C(Nc1cn([C@H]2CCNC2=O)nc1-c1cc(Cl)ccc1OC(F)F)c1cnn2cccnc12. The van der Waals surface area contributed by atoms with Gasteiger partial charge in [0, 0.05) is 29.5 Å². The number of halogens is 3. The second-order valence-electron chi connectivity index (χ2n) is 7.39. The Morgan fingerprint density at radius 3 is 2.97 bits per heavy atom. The molecule has 10 nitrogen and oxygen atoms in total. The number of carbonyl (C=O) groups excluding carboxylic acids is 2. The maximum atomic E-state index is 13.1. The number of hydrogen-bond acceptors (Lipinski definition) is 6. The number of anilines is 1. The minimum absolute atomic E-state index is 0.107. The zero-order valence-corrected chi connectivity index (χ0v) is 18.0. The summed E-state index contributed by atoms with van der Waals surface area (Å²) in [4.78, 5) is 29.5. The summed E-state index contributed by atoms with van der Waals surface area (Å²) < 4.78 is 33.6. The first-order valence-corrected chi connectivity index (χ1v) is 10.5. The minimum atomic E-state index is -3.09. The molecule has 2 N–H and O–H groups in total. The van der Waals surface area contributed by atoms with E-state index in [1.165, 1.54) is 46.0 Å². The summed E-state index contributed by atoms with van der Waals surface area (Å²) in [5.74, 6) is -0.980. The smallest absolute Gasteiger partial charge is 0.387 e. The van der Waals surface area contributed by atoms with Gasteiger partial charge in [0.15, 0.2) is 5.65 Å². The molecule has 4 aromatic rings. The zero-order valence-electron chi connectivity index (χ0n) is 17.3. The van der Waals surface area contributed by atoms with Crippen molar-refractivity contribution in [2.75, 3.05) is 11.9 Å². The van der Waals surface area contributed by atoms with E-state index in [1.807, 2.05) is 0 Å². The van der Waals surface area contributed by atoms with Crippen LogP contribution in [0.15, 0.2) is 49.1 Å². The third-order valence-corrected chi connectivity index (χ3v) is 5.49. The summed E-state index contributed by atoms with van der Waals surface area (Å²) in [6.07, 6.45) is 6.46. The van der Waals surface area contributed by atoms with Gasteiger partial charge in [-0.15, -0.1) is 0 Å². The molecule has 1 saturated heterocycles.